The Hall–Kier alpha value is -1.28. The zero-order valence-corrected chi connectivity index (χ0v) is 9.74. The molecule has 0 saturated carbocycles. The summed E-state index contributed by atoms with van der Waals surface area (Å²) < 4.78 is 0. The second kappa shape index (κ2) is 3.95. The Bertz CT molecular complexity index is 486. The summed E-state index contributed by atoms with van der Waals surface area (Å²) in [6.07, 6.45) is 6.05. The van der Waals surface area contributed by atoms with Crippen LogP contribution in [0, 0.1) is 0 Å². The number of hydrogen-bond donors (Lipinski definition) is 1. The molecule has 2 heteroatoms. The van der Waals surface area contributed by atoms with E-state index in [0.29, 0.717) is 0 Å². The molecule has 1 aliphatic rings. The number of hydrogen-bond acceptors (Lipinski definition) is 1. The summed E-state index contributed by atoms with van der Waals surface area (Å²) in [6, 6.07) is 9.31. The largest absolute Gasteiger partial charge is 0.361 e. The van der Waals surface area contributed by atoms with Gasteiger partial charge in [0.2, 0.25) is 0 Å². The maximum Gasteiger partial charge on any atom is 0.0456 e. The van der Waals surface area contributed by atoms with Crippen molar-refractivity contribution in [3.63, 3.8) is 0 Å². The minimum absolute atomic E-state index is 0.735. The van der Waals surface area contributed by atoms with Crippen LogP contribution < -0.4 is 0 Å². The number of rotatable bonds is 2. The Morgan fingerprint density at radius 1 is 1.38 bits per heavy atom. The summed E-state index contributed by atoms with van der Waals surface area (Å²) >= 11 is 0. The van der Waals surface area contributed by atoms with E-state index in [9.17, 15) is 0 Å². The summed E-state index contributed by atoms with van der Waals surface area (Å²) in [5.41, 5.74) is 2.73. The highest BCUT2D eigenvalue weighted by Gasteiger charge is 2.21. The molecule has 84 valence electrons. The van der Waals surface area contributed by atoms with Crippen LogP contribution in [0.25, 0.3) is 10.9 Å². The lowest BCUT2D eigenvalue weighted by Gasteiger charge is -2.18. The van der Waals surface area contributed by atoms with Gasteiger partial charge >= 0.3 is 0 Å². The molecule has 3 rings (SSSR count). The second-order valence-corrected chi connectivity index (χ2v) is 4.84. The number of likely N-dealkylation sites (N-methyl/N-ethyl adjacent to an activating group) is 1. The Kier molecular flexibility index (Phi) is 2.44. The summed E-state index contributed by atoms with van der Waals surface area (Å²) in [4.78, 5) is 5.85. The predicted molar refractivity (Wildman–Crippen MR) is 67.7 cm³/mol. The van der Waals surface area contributed by atoms with Crippen LogP contribution in [0.15, 0.2) is 30.5 Å². The van der Waals surface area contributed by atoms with Crippen LogP contribution in [0.4, 0.5) is 0 Å². The normalized spacial score (nSPS) is 21.9. The van der Waals surface area contributed by atoms with Crippen molar-refractivity contribution in [2.45, 2.75) is 25.3 Å². The fourth-order valence-corrected chi connectivity index (χ4v) is 2.79. The third-order valence-corrected chi connectivity index (χ3v) is 3.80. The smallest absolute Gasteiger partial charge is 0.0456 e. The molecule has 1 atom stereocenters. The molecule has 1 aromatic heterocycles. The average Bonchev–Trinajstić information content (AvgIpc) is 2.88. The quantitative estimate of drug-likeness (QED) is 0.814. The lowest BCUT2D eigenvalue weighted by Crippen LogP contribution is -2.26. The highest BCUT2D eigenvalue weighted by Crippen LogP contribution is 2.24. The van der Waals surface area contributed by atoms with Crippen LogP contribution in [-0.2, 0) is 6.42 Å². The van der Waals surface area contributed by atoms with Gasteiger partial charge in [0.25, 0.3) is 0 Å². The van der Waals surface area contributed by atoms with E-state index >= 15 is 0 Å². The lowest BCUT2D eigenvalue weighted by molar-refractivity contribution is 0.310. The molecular formula is C14H18N2. The van der Waals surface area contributed by atoms with Crippen LogP contribution in [0.1, 0.15) is 18.4 Å². The van der Waals surface area contributed by atoms with E-state index in [-0.39, 0.29) is 0 Å². The fourth-order valence-electron chi connectivity index (χ4n) is 2.79. The van der Waals surface area contributed by atoms with E-state index < -0.39 is 0 Å². The van der Waals surface area contributed by atoms with Gasteiger partial charge in [0.05, 0.1) is 0 Å². The number of likely N-dealkylation sites (tertiary alicyclic amines) is 1. The second-order valence-electron chi connectivity index (χ2n) is 4.84. The van der Waals surface area contributed by atoms with Crippen molar-refractivity contribution >= 4 is 10.9 Å². The molecule has 2 aromatic rings. The topological polar surface area (TPSA) is 19.0 Å². The molecule has 2 nitrogen and oxygen atoms in total. The summed E-state index contributed by atoms with van der Waals surface area (Å²) in [5, 5.41) is 1.39. The molecule has 1 fully saturated rings. The SMILES string of the molecule is CN1CCC[C@H]1Cc1c[nH]c2ccccc12. The third-order valence-electron chi connectivity index (χ3n) is 3.80. The molecule has 1 aromatic carbocycles. The zero-order chi connectivity index (χ0) is 11.0. The standard InChI is InChI=1S/C14H18N2/c1-16-8-4-5-12(16)9-11-10-15-14-7-3-2-6-13(11)14/h2-3,6-7,10,12,15H,4-5,8-9H2,1H3/t12-/m0/s1. The van der Waals surface area contributed by atoms with Gasteiger partial charge in [0.1, 0.15) is 0 Å². The maximum absolute atomic E-state index is 3.36. The van der Waals surface area contributed by atoms with Crippen molar-refractivity contribution in [1.82, 2.24) is 9.88 Å². The first kappa shape index (κ1) is 9.91. The number of benzene rings is 1. The molecule has 0 spiro atoms. The highest BCUT2D eigenvalue weighted by atomic mass is 15.1. The van der Waals surface area contributed by atoms with Gasteiger partial charge in [-0.3, -0.25) is 0 Å². The predicted octanol–water partition coefficient (Wildman–Crippen LogP) is 2.80. The Morgan fingerprint density at radius 2 is 2.25 bits per heavy atom. The molecular weight excluding hydrogens is 196 g/mol. The van der Waals surface area contributed by atoms with E-state index in [0.717, 1.165) is 6.04 Å². The van der Waals surface area contributed by atoms with Crippen molar-refractivity contribution in [2.24, 2.45) is 0 Å². The van der Waals surface area contributed by atoms with Crippen LogP contribution in [0.2, 0.25) is 0 Å². The minimum Gasteiger partial charge on any atom is -0.361 e. The van der Waals surface area contributed by atoms with Gasteiger partial charge in [-0.05, 0) is 44.5 Å². The molecule has 0 unspecified atom stereocenters. The summed E-state index contributed by atoms with van der Waals surface area (Å²) in [5.74, 6) is 0. The first-order valence-electron chi connectivity index (χ1n) is 6.10. The summed E-state index contributed by atoms with van der Waals surface area (Å²) in [7, 11) is 2.24. The first-order valence-corrected chi connectivity index (χ1v) is 6.10. The minimum atomic E-state index is 0.735. The molecule has 1 aliphatic heterocycles. The van der Waals surface area contributed by atoms with E-state index in [2.05, 4.69) is 47.4 Å². The molecule has 16 heavy (non-hydrogen) atoms. The zero-order valence-electron chi connectivity index (χ0n) is 9.74. The van der Waals surface area contributed by atoms with Crippen LogP contribution in [0.3, 0.4) is 0 Å². The van der Waals surface area contributed by atoms with Gasteiger partial charge in [-0.1, -0.05) is 18.2 Å². The summed E-state index contributed by atoms with van der Waals surface area (Å²) in [6.45, 7) is 1.26. The molecule has 1 saturated heterocycles. The van der Waals surface area contributed by atoms with Crippen molar-refractivity contribution in [3.8, 4) is 0 Å². The van der Waals surface area contributed by atoms with Crippen molar-refractivity contribution < 1.29 is 0 Å². The van der Waals surface area contributed by atoms with Gasteiger partial charge in [-0.25, -0.2) is 0 Å². The number of H-pyrrole nitrogens is 1. The number of para-hydroxylation sites is 1. The number of nitrogens with zero attached hydrogens (tertiary/aromatic N) is 1. The van der Waals surface area contributed by atoms with E-state index in [1.54, 1.807) is 0 Å². The number of fused-ring (bicyclic) bond motifs is 1. The fraction of sp³-hybridized carbons (Fsp3) is 0.429. The van der Waals surface area contributed by atoms with Gasteiger partial charge in [0.15, 0.2) is 0 Å². The van der Waals surface area contributed by atoms with Gasteiger partial charge in [-0.15, -0.1) is 0 Å². The van der Waals surface area contributed by atoms with Crippen LogP contribution in [-0.4, -0.2) is 29.5 Å². The van der Waals surface area contributed by atoms with E-state index in [1.165, 1.54) is 42.3 Å². The molecule has 0 radical (unpaired) electrons. The number of aromatic amines is 1. The molecule has 0 amide bonds. The van der Waals surface area contributed by atoms with Crippen LogP contribution >= 0.6 is 0 Å². The van der Waals surface area contributed by atoms with Gasteiger partial charge < -0.3 is 9.88 Å². The van der Waals surface area contributed by atoms with Gasteiger partial charge in [0, 0.05) is 23.1 Å². The lowest BCUT2D eigenvalue weighted by atomic mass is 10.0. The average molecular weight is 214 g/mol. The highest BCUT2D eigenvalue weighted by molar-refractivity contribution is 5.83. The number of aromatic nitrogens is 1. The van der Waals surface area contributed by atoms with Crippen LogP contribution in [0.5, 0.6) is 0 Å². The first-order chi connectivity index (χ1) is 7.84. The maximum atomic E-state index is 3.36. The monoisotopic (exact) mass is 214 g/mol. The van der Waals surface area contributed by atoms with Crippen molar-refractivity contribution in [1.29, 1.82) is 0 Å². The molecule has 1 N–H and O–H groups in total. The molecule has 0 bridgehead atoms. The number of nitrogens with one attached hydrogen (secondary N) is 1. The third kappa shape index (κ3) is 1.63. The Balaban J connectivity index is 1.89. The van der Waals surface area contributed by atoms with E-state index in [1.807, 2.05) is 0 Å². The van der Waals surface area contributed by atoms with Crippen molar-refractivity contribution in [2.75, 3.05) is 13.6 Å². The van der Waals surface area contributed by atoms with Gasteiger partial charge in [-0.2, -0.15) is 0 Å². The Morgan fingerprint density at radius 3 is 3.06 bits per heavy atom. The Labute approximate surface area is 96.3 Å². The molecule has 0 aliphatic carbocycles. The van der Waals surface area contributed by atoms with Crippen molar-refractivity contribution in [3.05, 3.63) is 36.0 Å². The molecule has 2 heterocycles. The van der Waals surface area contributed by atoms with E-state index in [4.69, 9.17) is 0 Å².